The van der Waals surface area contributed by atoms with Crippen LogP contribution in [0, 0.1) is 16.0 Å². The number of phenols is 1. The van der Waals surface area contributed by atoms with Crippen LogP contribution in [0.1, 0.15) is 23.2 Å². The van der Waals surface area contributed by atoms with Gasteiger partial charge in [-0.25, -0.2) is 0 Å². The average Bonchev–Trinajstić information content (AvgIpc) is 2.91. The molecule has 1 aliphatic heterocycles. The normalized spacial score (nSPS) is 17.9. The number of amides is 1. The maximum absolute atomic E-state index is 11.9. The van der Waals surface area contributed by atoms with Crippen molar-refractivity contribution in [3.8, 4) is 5.75 Å². The van der Waals surface area contributed by atoms with Crippen molar-refractivity contribution in [1.29, 1.82) is 0 Å². The highest BCUT2D eigenvalue weighted by Gasteiger charge is 2.21. The van der Waals surface area contributed by atoms with Gasteiger partial charge in [-0.05, 0) is 24.8 Å². The Morgan fingerprint density at radius 3 is 3.00 bits per heavy atom. The number of hydrogen-bond acceptors (Lipinski definition) is 5. The molecule has 1 atom stereocenters. The fourth-order valence-electron chi connectivity index (χ4n) is 2.16. The molecule has 1 unspecified atom stereocenters. The number of nitro groups is 1. The van der Waals surface area contributed by atoms with Crippen LogP contribution in [0.5, 0.6) is 5.75 Å². The molecule has 7 nitrogen and oxygen atoms in total. The van der Waals surface area contributed by atoms with E-state index in [1.807, 2.05) is 0 Å². The number of carbonyl (C=O) groups excluding carboxylic acids is 1. The first-order valence-corrected chi connectivity index (χ1v) is 6.42. The van der Waals surface area contributed by atoms with E-state index in [1.165, 1.54) is 12.1 Å². The van der Waals surface area contributed by atoms with Gasteiger partial charge >= 0.3 is 5.69 Å². The van der Waals surface area contributed by atoms with Crippen molar-refractivity contribution in [2.75, 3.05) is 19.8 Å². The van der Waals surface area contributed by atoms with E-state index in [4.69, 9.17) is 4.74 Å². The van der Waals surface area contributed by atoms with Crippen molar-refractivity contribution in [1.82, 2.24) is 5.32 Å². The highest BCUT2D eigenvalue weighted by Crippen LogP contribution is 2.29. The number of aromatic hydroxyl groups is 1. The van der Waals surface area contributed by atoms with Crippen molar-refractivity contribution in [2.24, 2.45) is 5.92 Å². The van der Waals surface area contributed by atoms with E-state index in [0.717, 1.165) is 25.5 Å². The molecule has 108 valence electrons. The first-order valence-electron chi connectivity index (χ1n) is 6.42. The molecule has 0 aliphatic carbocycles. The molecule has 7 heteroatoms. The summed E-state index contributed by atoms with van der Waals surface area (Å²) in [4.78, 5) is 21.9. The molecule has 0 aromatic heterocycles. The van der Waals surface area contributed by atoms with E-state index >= 15 is 0 Å². The summed E-state index contributed by atoms with van der Waals surface area (Å²) in [6, 6.07) is 3.88. The van der Waals surface area contributed by atoms with Gasteiger partial charge in [-0.15, -0.1) is 0 Å². The van der Waals surface area contributed by atoms with Crippen LogP contribution in [0.4, 0.5) is 5.69 Å². The second kappa shape index (κ2) is 6.33. The second-order valence-corrected chi connectivity index (χ2v) is 4.70. The molecule has 1 aromatic rings. The zero-order valence-electron chi connectivity index (χ0n) is 10.9. The molecule has 0 radical (unpaired) electrons. The molecule has 0 bridgehead atoms. The van der Waals surface area contributed by atoms with Gasteiger partial charge in [0.25, 0.3) is 5.91 Å². The maximum Gasteiger partial charge on any atom is 0.311 e. The van der Waals surface area contributed by atoms with Gasteiger partial charge in [-0.2, -0.15) is 0 Å². The molecule has 1 fully saturated rings. The lowest BCUT2D eigenvalue weighted by Crippen LogP contribution is -2.26. The van der Waals surface area contributed by atoms with Gasteiger partial charge in [0, 0.05) is 25.8 Å². The number of para-hydroxylation sites is 1. The van der Waals surface area contributed by atoms with Gasteiger partial charge in [0.1, 0.15) is 0 Å². The van der Waals surface area contributed by atoms with Crippen molar-refractivity contribution >= 4 is 11.6 Å². The maximum atomic E-state index is 11.9. The third kappa shape index (κ3) is 3.24. The Bertz CT molecular complexity index is 511. The van der Waals surface area contributed by atoms with Gasteiger partial charge in [-0.1, -0.05) is 6.07 Å². The number of benzene rings is 1. The minimum absolute atomic E-state index is 0.0816. The van der Waals surface area contributed by atoms with Gasteiger partial charge in [0.2, 0.25) is 5.75 Å². The van der Waals surface area contributed by atoms with E-state index in [2.05, 4.69) is 5.32 Å². The number of carbonyl (C=O) groups is 1. The van der Waals surface area contributed by atoms with Crippen molar-refractivity contribution < 1.29 is 19.6 Å². The minimum atomic E-state index is -0.720. The van der Waals surface area contributed by atoms with E-state index in [0.29, 0.717) is 19.1 Å². The SMILES string of the molecule is O=C(NCCC1CCOC1)c1cccc([N+](=O)[O-])c1O. The number of hydrogen-bond donors (Lipinski definition) is 2. The van der Waals surface area contributed by atoms with Crippen molar-refractivity contribution in [2.45, 2.75) is 12.8 Å². The second-order valence-electron chi connectivity index (χ2n) is 4.70. The molecule has 1 saturated heterocycles. The molecule has 1 heterocycles. The van der Waals surface area contributed by atoms with E-state index in [1.54, 1.807) is 0 Å². The Labute approximate surface area is 115 Å². The molecule has 0 spiro atoms. The molecule has 2 rings (SSSR count). The lowest BCUT2D eigenvalue weighted by Gasteiger charge is -2.09. The zero-order chi connectivity index (χ0) is 14.5. The highest BCUT2D eigenvalue weighted by molar-refractivity contribution is 5.98. The largest absolute Gasteiger partial charge is 0.502 e. The average molecular weight is 280 g/mol. The summed E-state index contributed by atoms with van der Waals surface area (Å²) in [5.74, 6) is -0.668. The summed E-state index contributed by atoms with van der Waals surface area (Å²) >= 11 is 0. The summed E-state index contributed by atoms with van der Waals surface area (Å²) < 4.78 is 5.23. The predicted octanol–water partition coefficient (Wildman–Crippen LogP) is 1.46. The fraction of sp³-hybridized carbons (Fsp3) is 0.462. The monoisotopic (exact) mass is 280 g/mol. The Hall–Kier alpha value is -2.15. The van der Waals surface area contributed by atoms with Crippen LogP contribution < -0.4 is 5.32 Å². The molecule has 1 amide bonds. The van der Waals surface area contributed by atoms with Gasteiger partial charge in [-0.3, -0.25) is 14.9 Å². The predicted molar refractivity (Wildman–Crippen MR) is 70.6 cm³/mol. The fourth-order valence-corrected chi connectivity index (χ4v) is 2.16. The molecular formula is C13H16N2O5. The van der Waals surface area contributed by atoms with Gasteiger partial charge in [0.05, 0.1) is 10.5 Å². The molecule has 1 aromatic carbocycles. The topological polar surface area (TPSA) is 102 Å². The lowest BCUT2D eigenvalue weighted by molar-refractivity contribution is -0.385. The molecule has 1 aliphatic rings. The van der Waals surface area contributed by atoms with Crippen LogP contribution in [-0.2, 0) is 4.74 Å². The van der Waals surface area contributed by atoms with Gasteiger partial charge < -0.3 is 15.2 Å². The Morgan fingerprint density at radius 1 is 1.55 bits per heavy atom. The molecule has 20 heavy (non-hydrogen) atoms. The van der Waals surface area contributed by atoms with Crippen molar-refractivity contribution in [3.05, 3.63) is 33.9 Å². The molecule has 0 saturated carbocycles. The van der Waals surface area contributed by atoms with Crippen LogP contribution in [0.15, 0.2) is 18.2 Å². The van der Waals surface area contributed by atoms with Crippen molar-refractivity contribution in [3.63, 3.8) is 0 Å². The van der Waals surface area contributed by atoms with E-state index in [9.17, 15) is 20.0 Å². The van der Waals surface area contributed by atoms with E-state index < -0.39 is 22.3 Å². The number of ether oxygens (including phenoxy) is 1. The lowest BCUT2D eigenvalue weighted by atomic mass is 10.1. The van der Waals surface area contributed by atoms with E-state index in [-0.39, 0.29) is 5.56 Å². The Balaban J connectivity index is 1.95. The van der Waals surface area contributed by atoms with Crippen LogP contribution in [-0.4, -0.2) is 35.7 Å². The number of nitrogens with zero attached hydrogens (tertiary/aromatic N) is 1. The first kappa shape index (κ1) is 14.3. The Morgan fingerprint density at radius 2 is 2.35 bits per heavy atom. The quantitative estimate of drug-likeness (QED) is 0.628. The summed E-state index contributed by atoms with van der Waals surface area (Å²) in [5, 5.41) is 23.1. The summed E-state index contributed by atoms with van der Waals surface area (Å²) in [7, 11) is 0. The zero-order valence-corrected chi connectivity index (χ0v) is 10.9. The van der Waals surface area contributed by atoms with Crippen LogP contribution in [0.3, 0.4) is 0 Å². The standard InChI is InChI=1S/C13H16N2O5/c16-12-10(2-1-3-11(12)15(18)19)13(17)14-6-4-9-5-7-20-8-9/h1-3,9,16H,4-8H2,(H,14,17). The van der Waals surface area contributed by atoms with Crippen LogP contribution in [0.2, 0.25) is 0 Å². The highest BCUT2D eigenvalue weighted by atomic mass is 16.6. The summed E-state index contributed by atoms with van der Waals surface area (Å²) in [6.45, 7) is 1.91. The smallest absolute Gasteiger partial charge is 0.311 e. The van der Waals surface area contributed by atoms with Crippen LogP contribution >= 0.6 is 0 Å². The minimum Gasteiger partial charge on any atom is -0.502 e. The van der Waals surface area contributed by atoms with Gasteiger partial charge in [0.15, 0.2) is 0 Å². The summed E-state index contributed by atoms with van der Waals surface area (Å²) in [6.07, 6.45) is 1.78. The number of phenolic OH excluding ortho intramolecular Hbond substituents is 1. The number of nitro benzene ring substituents is 1. The first-order chi connectivity index (χ1) is 9.59. The van der Waals surface area contributed by atoms with Crippen LogP contribution in [0.25, 0.3) is 0 Å². The Kier molecular flexibility index (Phi) is 4.52. The third-order valence-corrected chi connectivity index (χ3v) is 3.32. The third-order valence-electron chi connectivity index (χ3n) is 3.32. The molecular weight excluding hydrogens is 264 g/mol. The summed E-state index contributed by atoms with van der Waals surface area (Å²) in [5.41, 5.74) is -0.552. The number of nitrogens with one attached hydrogen (secondary N) is 1. The molecule has 2 N–H and O–H groups in total. The number of rotatable bonds is 5.